The first-order valence-electron chi connectivity index (χ1n) is 4.01. The second-order valence-electron chi connectivity index (χ2n) is 2.47. The minimum Gasteiger partial charge on any atom is -0.476 e. The molecule has 0 unspecified atom stereocenters. The molecule has 0 atom stereocenters. The molecule has 12 heavy (non-hydrogen) atoms. The lowest BCUT2D eigenvalue weighted by atomic mass is 10.4. The highest BCUT2D eigenvalue weighted by Gasteiger charge is 2.02. The van der Waals surface area contributed by atoms with Gasteiger partial charge in [-0.2, -0.15) is 0 Å². The largest absolute Gasteiger partial charge is 0.476 e. The van der Waals surface area contributed by atoms with Gasteiger partial charge in [0.05, 0.1) is 12.5 Å². The lowest BCUT2D eigenvalue weighted by molar-refractivity contribution is 0.271. The van der Waals surface area contributed by atoms with Crippen LogP contribution in [0.5, 0.6) is 5.88 Å². The van der Waals surface area contributed by atoms with Gasteiger partial charge in [-0.15, -0.1) is 11.6 Å². The van der Waals surface area contributed by atoms with Gasteiger partial charge in [0.1, 0.15) is 0 Å². The van der Waals surface area contributed by atoms with Crippen LogP contribution < -0.4 is 4.74 Å². The Balaban J connectivity index is 2.31. The number of aromatic nitrogens is 1. The van der Waals surface area contributed by atoms with Crippen LogP contribution in [0.1, 0.15) is 25.5 Å². The molecule has 1 aromatic heterocycles. The predicted molar refractivity (Wildman–Crippen MR) is 46.5 cm³/mol. The number of ether oxygens (including phenoxy) is 1. The lowest BCUT2D eigenvalue weighted by Crippen LogP contribution is -1.95. The Morgan fingerprint density at radius 3 is 3.08 bits per heavy atom. The molecule has 0 saturated heterocycles. The van der Waals surface area contributed by atoms with Gasteiger partial charge in [0, 0.05) is 6.07 Å². The van der Waals surface area contributed by atoms with Crippen molar-refractivity contribution in [3.8, 4) is 5.88 Å². The third-order valence-corrected chi connectivity index (χ3v) is 1.68. The second-order valence-corrected chi connectivity index (χ2v) is 2.73. The first-order valence-corrected chi connectivity index (χ1v) is 4.54. The first kappa shape index (κ1) is 9.39. The van der Waals surface area contributed by atoms with Crippen molar-refractivity contribution < 1.29 is 9.26 Å². The van der Waals surface area contributed by atoms with Crippen molar-refractivity contribution in [3.63, 3.8) is 0 Å². The van der Waals surface area contributed by atoms with Crippen molar-refractivity contribution in [2.24, 2.45) is 0 Å². The maximum Gasteiger partial charge on any atom is 0.254 e. The van der Waals surface area contributed by atoms with Crippen LogP contribution in [0.2, 0.25) is 0 Å². The Hall–Kier alpha value is -0.700. The van der Waals surface area contributed by atoms with E-state index < -0.39 is 0 Å². The number of hydrogen-bond acceptors (Lipinski definition) is 3. The third kappa shape index (κ3) is 2.74. The lowest BCUT2D eigenvalue weighted by Gasteiger charge is -1.97. The zero-order chi connectivity index (χ0) is 8.81. The Morgan fingerprint density at radius 2 is 2.50 bits per heavy atom. The van der Waals surface area contributed by atoms with E-state index in [1.165, 1.54) is 0 Å². The fourth-order valence-corrected chi connectivity index (χ4v) is 0.872. The number of halogens is 1. The van der Waals surface area contributed by atoms with Gasteiger partial charge in [-0.3, -0.25) is 0 Å². The van der Waals surface area contributed by atoms with Gasteiger partial charge < -0.3 is 9.26 Å². The normalized spacial score (nSPS) is 10.2. The summed E-state index contributed by atoms with van der Waals surface area (Å²) in [5.74, 6) is 1.51. The summed E-state index contributed by atoms with van der Waals surface area (Å²) >= 11 is 5.51. The summed E-state index contributed by atoms with van der Waals surface area (Å²) < 4.78 is 10.1. The van der Waals surface area contributed by atoms with Gasteiger partial charge in [-0.25, -0.2) is 0 Å². The van der Waals surface area contributed by atoms with Crippen molar-refractivity contribution >= 4 is 11.6 Å². The van der Waals surface area contributed by atoms with Crippen molar-refractivity contribution in [1.29, 1.82) is 0 Å². The number of alkyl halides is 1. The van der Waals surface area contributed by atoms with Crippen LogP contribution in [-0.4, -0.2) is 11.8 Å². The third-order valence-electron chi connectivity index (χ3n) is 1.42. The van der Waals surface area contributed by atoms with Crippen LogP contribution >= 0.6 is 11.6 Å². The Bertz CT molecular complexity index is 225. The molecule has 4 heteroatoms. The molecule has 0 aliphatic rings. The molecule has 1 rings (SSSR count). The van der Waals surface area contributed by atoms with Gasteiger partial charge in [0.25, 0.3) is 5.88 Å². The van der Waals surface area contributed by atoms with E-state index in [2.05, 4.69) is 12.1 Å². The molecule has 0 spiro atoms. The van der Waals surface area contributed by atoms with Crippen LogP contribution in [-0.2, 0) is 5.88 Å². The van der Waals surface area contributed by atoms with Gasteiger partial charge in [-0.05, 0) is 11.6 Å². The van der Waals surface area contributed by atoms with E-state index >= 15 is 0 Å². The average molecular weight is 190 g/mol. The summed E-state index contributed by atoms with van der Waals surface area (Å²) in [6.07, 6.45) is 2.14. The highest BCUT2D eigenvalue weighted by molar-refractivity contribution is 6.16. The molecule has 0 saturated carbocycles. The molecule has 0 aliphatic heterocycles. The van der Waals surface area contributed by atoms with E-state index in [0.717, 1.165) is 12.8 Å². The summed E-state index contributed by atoms with van der Waals surface area (Å²) in [6.45, 7) is 2.79. The van der Waals surface area contributed by atoms with Crippen molar-refractivity contribution in [2.45, 2.75) is 25.6 Å². The zero-order valence-electron chi connectivity index (χ0n) is 7.05. The number of nitrogens with zero attached hydrogens (tertiary/aromatic N) is 1. The number of hydrogen-bond donors (Lipinski definition) is 0. The second kappa shape index (κ2) is 5.04. The van der Waals surface area contributed by atoms with Crippen molar-refractivity contribution in [3.05, 3.63) is 11.8 Å². The zero-order valence-corrected chi connectivity index (χ0v) is 7.80. The fraction of sp³-hybridized carbons (Fsp3) is 0.625. The molecule has 0 radical (unpaired) electrons. The van der Waals surface area contributed by atoms with Crippen LogP contribution in [0.25, 0.3) is 0 Å². The van der Waals surface area contributed by atoms with Crippen LogP contribution in [0.15, 0.2) is 10.6 Å². The number of unbranched alkanes of at least 4 members (excludes halogenated alkanes) is 1. The molecule has 0 fully saturated rings. The first-order chi connectivity index (χ1) is 5.86. The van der Waals surface area contributed by atoms with Crippen LogP contribution in [0.4, 0.5) is 0 Å². The van der Waals surface area contributed by atoms with Gasteiger partial charge in [0.2, 0.25) is 0 Å². The standard InChI is InChI=1S/C8H12ClNO2/c1-2-3-4-11-8-5-7(6-9)12-10-8/h5H,2-4,6H2,1H3. The van der Waals surface area contributed by atoms with Crippen LogP contribution in [0, 0.1) is 0 Å². The topological polar surface area (TPSA) is 35.3 Å². The summed E-state index contributed by atoms with van der Waals surface area (Å²) in [5, 5.41) is 3.68. The molecular formula is C8H12ClNO2. The van der Waals surface area contributed by atoms with Gasteiger partial charge in [-0.1, -0.05) is 13.3 Å². The smallest absolute Gasteiger partial charge is 0.254 e. The minimum atomic E-state index is 0.337. The quantitative estimate of drug-likeness (QED) is 0.528. The van der Waals surface area contributed by atoms with Gasteiger partial charge >= 0.3 is 0 Å². The van der Waals surface area contributed by atoms with E-state index in [1.54, 1.807) is 6.07 Å². The Labute approximate surface area is 76.6 Å². The molecule has 0 aliphatic carbocycles. The van der Waals surface area contributed by atoms with Crippen LogP contribution in [0.3, 0.4) is 0 Å². The fourth-order valence-electron chi connectivity index (χ4n) is 0.746. The monoisotopic (exact) mass is 189 g/mol. The molecule has 0 N–H and O–H groups in total. The highest BCUT2D eigenvalue weighted by atomic mass is 35.5. The molecule has 3 nitrogen and oxygen atoms in total. The molecule has 0 bridgehead atoms. The highest BCUT2D eigenvalue weighted by Crippen LogP contribution is 2.13. The predicted octanol–water partition coefficient (Wildman–Crippen LogP) is 2.59. The van der Waals surface area contributed by atoms with E-state index in [4.69, 9.17) is 20.9 Å². The summed E-state index contributed by atoms with van der Waals surface area (Å²) in [6, 6.07) is 1.71. The molecule has 0 amide bonds. The summed E-state index contributed by atoms with van der Waals surface area (Å²) in [4.78, 5) is 0. The summed E-state index contributed by atoms with van der Waals surface area (Å²) in [5.41, 5.74) is 0. The van der Waals surface area contributed by atoms with E-state index in [-0.39, 0.29) is 0 Å². The SMILES string of the molecule is CCCCOc1cc(CCl)on1. The number of rotatable bonds is 5. The molecular weight excluding hydrogens is 178 g/mol. The molecule has 1 aromatic rings. The summed E-state index contributed by atoms with van der Waals surface area (Å²) in [7, 11) is 0. The molecule has 1 heterocycles. The van der Waals surface area contributed by atoms with E-state index in [1.807, 2.05) is 0 Å². The minimum absolute atomic E-state index is 0.337. The maximum absolute atomic E-state index is 5.51. The van der Waals surface area contributed by atoms with Gasteiger partial charge in [0.15, 0.2) is 5.76 Å². The maximum atomic E-state index is 5.51. The average Bonchev–Trinajstić information content (AvgIpc) is 2.53. The Kier molecular flexibility index (Phi) is 3.94. The Morgan fingerprint density at radius 1 is 1.67 bits per heavy atom. The van der Waals surface area contributed by atoms with E-state index in [9.17, 15) is 0 Å². The van der Waals surface area contributed by atoms with Crippen molar-refractivity contribution in [2.75, 3.05) is 6.61 Å². The molecule has 0 aromatic carbocycles. The van der Waals surface area contributed by atoms with E-state index in [0.29, 0.717) is 24.1 Å². The van der Waals surface area contributed by atoms with Crippen molar-refractivity contribution in [1.82, 2.24) is 5.16 Å². The molecule has 68 valence electrons.